The molecule has 5 rings (SSSR count). The maximum Gasteiger partial charge on any atom is 0.179 e. The van der Waals surface area contributed by atoms with Crippen molar-refractivity contribution in [3.63, 3.8) is 0 Å². The molecule has 0 spiro atoms. The van der Waals surface area contributed by atoms with Gasteiger partial charge in [0.1, 0.15) is 0 Å². The molecule has 25 heavy (non-hydrogen) atoms. The minimum atomic E-state index is 0.409. The van der Waals surface area contributed by atoms with Crippen LogP contribution in [-0.2, 0) is 7.05 Å². The minimum Gasteiger partial charge on any atom is -0.267 e. The first-order valence-corrected chi connectivity index (χ1v) is 10.3. The zero-order valence-electron chi connectivity index (χ0n) is 14.7. The lowest BCUT2D eigenvalue weighted by atomic mass is 9.80. The number of nitrogens with one attached hydrogen (secondary N) is 1. The molecule has 3 nitrogen and oxygen atoms in total. The molecule has 4 heteroatoms. The van der Waals surface area contributed by atoms with Gasteiger partial charge in [-0.15, -0.1) is 11.3 Å². The fraction of sp³-hybridized carbons (Fsp3) is 0.429. The van der Waals surface area contributed by atoms with Crippen LogP contribution in [0.5, 0.6) is 0 Å². The third kappa shape index (κ3) is 2.54. The van der Waals surface area contributed by atoms with Crippen LogP contribution in [0.2, 0.25) is 0 Å². The number of benzene rings is 1. The molecular formula is C21H24N3S+. The van der Waals surface area contributed by atoms with Crippen LogP contribution in [0.25, 0.3) is 21.3 Å². The zero-order chi connectivity index (χ0) is 16.8. The monoisotopic (exact) mass is 350 g/mol. The van der Waals surface area contributed by atoms with E-state index in [4.69, 9.17) is 0 Å². The van der Waals surface area contributed by atoms with Crippen molar-refractivity contribution in [3.05, 3.63) is 41.4 Å². The Morgan fingerprint density at radius 3 is 3.04 bits per heavy atom. The Hall–Kier alpha value is -1.94. The second kappa shape index (κ2) is 6.10. The highest BCUT2D eigenvalue weighted by Crippen LogP contribution is 2.38. The highest BCUT2D eigenvalue weighted by atomic mass is 32.1. The van der Waals surface area contributed by atoms with Crippen LogP contribution < -0.4 is 4.99 Å². The Labute approximate surface area is 152 Å². The summed E-state index contributed by atoms with van der Waals surface area (Å²) in [5.74, 6) is 0.812. The second-order valence-electron chi connectivity index (χ2n) is 7.46. The van der Waals surface area contributed by atoms with E-state index in [0.717, 1.165) is 5.92 Å². The van der Waals surface area contributed by atoms with Gasteiger partial charge in [0.25, 0.3) is 0 Å². The van der Waals surface area contributed by atoms with Crippen molar-refractivity contribution in [1.29, 1.82) is 0 Å². The summed E-state index contributed by atoms with van der Waals surface area (Å²) in [4.78, 5) is 3.90. The highest BCUT2D eigenvalue weighted by Gasteiger charge is 2.34. The van der Waals surface area contributed by atoms with Gasteiger partial charge in [-0.2, -0.15) is 5.10 Å². The van der Waals surface area contributed by atoms with Crippen LogP contribution in [0.4, 0.5) is 0 Å². The molecule has 0 bridgehead atoms. The molecule has 2 aromatic heterocycles. The van der Waals surface area contributed by atoms with Crippen LogP contribution in [0, 0.1) is 5.92 Å². The smallest absolute Gasteiger partial charge is 0.179 e. The summed E-state index contributed by atoms with van der Waals surface area (Å²) in [6, 6.07) is 9.11. The maximum atomic E-state index is 4.63. The molecular weight excluding hydrogens is 326 g/mol. The van der Waals surface area contributed by atoms with Crippen molar-refractivity contribution in [1.82, 2.24) is 9.78 Å². The summed E-state index contributed by atoms with van der Waals surface area (Å²) in [6.07, 6.45) is 10.0. The van der Waals surface area contributed by atoms with Gasteiger partial charge in [0.2, 0.25) is 0 Å². The van der Waals surface area contributed by atoms with Crippen LogP contribution >= 0.6 is 11.3 Å². The molecule has 1 aliphatic heterocycles. The molecule has 2 unspecified atom stereocenters. The predicted octanol–water partition coefficient (Wildman–Crippen LogP) is 3.85. The summed E-state index contributed by atoms with van der Waals surface area (Å²) in [6.45, 7) is 0. The van der Waals surface area contributed by atoms with Gasteiger partial charge in [-0.3, -0.25) is 4.68 Å². The first-order chi connectivity index (χ1) is 12.3. The lowest BCUT2D eigenvalue weighted by Gasteiger charge is -2.26. The number of hydrogen-bond donors (Lipinski definition) is 1. The topological polar surface area (TPSA) is 31.8 Å². The molecule has 2 atom stereocenters. The Bertz CT molecular complexity index is 949. The van der Waals surface area contributed by atoms with Gasteiger partial charge in [0, 0.05) is 46.8 Å². The molecule has 3 aromatic rings. The molecule has 1 saturated carbocycles. The standard InChI is InChI=1S/C21H23N3S/c1-24-21(17-13-25-20-9-5-3-7-15(17)20)16(12-22-24)19-11-10-14-6-2-4-8-18(14)23-19/h3,5,7,9,12-14,19H,2,4,6,8,10-11H2,1H3/p+1. The molecule has 0 saturated heterocycles. The van der Waals surface area contributed by atoms with E-state index in [0.29, 0.717) is 6.04 Å². The van der Waals surface area contributed by atoms with E-state index in [1.807, 2.05) is 11.3 Å². The molecule has 1 N–H and O–H groups in total. The summed E-state index contributed by atoms with van der Waals surface area (Å²) < 4.78 is 3.41. The number of hydrogen-bond acceptors (Lipinski definition) is 2. The van der Waals surface area contributed by atoms with E-state index in [-0.39, 0.29) is 0 Å². The van der Waals surface area contributed by atoms with Gasteiger partial charge in [-0.1, -0.05) is 24.6 Å². The first kappa shape index (κ1) is 15.3. The molecule has 0 radical (unpaired) electrons. The maximum absolute atomic E-state index is 4.63. The molecule has 128 valence electrons. The number of thiophene rings is 1. The average Bonchev–Trinajstić information content (AvgIpc) is 3.24. The predicted molar refractivity (Wildman–Crippen MR) is 104 cm³/mol. The Kier molecular flexibility index (Phi) is 3.74. The Morgan fingerprint density at radius 1 is 1.16 bits per heavy atom. The van der Waals surface area contributed by atoms with Gasteiger partial charge in [-0.05, 0) is 25.3 Å². The van der Waals surface area contributed by atoms with Crippen molar-refractivity contribution >= 4 is 27.1 Å². The van der Waals surface area contributed by atoms with E-state index in [2.05, 4.69) is 57.7 Å². The number of fused-ring (bicyclic) bond motifs is 2. The number of nitrogens with zero attached hydrogens (tertiary/aromatic N) is 2. The zero-order valence-corrected chi connectivity index (χ0v) is 15.5. The molecule has 1 fully saturated rings. The van der Waals surface area contributed by atoms with Gasteiger partial charge >= 0.3 is 0 Å². The van der Waals surface area contributed by atoms with Gasteiger partial charge in [0.15, 0.2) is 11.8 Å². The summed E-state index contributed by atoms with van der Waals surface area (Å²) >= 11 is 1.83. The Balaban J connectivity index is 1.60. The van der Waals surface area contributed by atoms with E-state index < -0.39 is 0 Å². The largest absolute Gasteiger partial charge is 0.267 e. The minimum absolute atomic E-state index is 0.409. The number of aromatic nitrogens is 2. The van der Waals surface area contributed by atoms with Crippen molar-refractivity contribution in [2.75, 3.05) is 0 Å². The molecule has 1 aromatic carbocycles. The van der Waals surface area contributed by atoms with Gasteiger partial charge in [0.05, 0.1) is 17.5 Å². The van der Waals surface area contributed by atoms with E-state index in [9.17, 15) is 0 Å². The first-order valence-electron chi connectivity index (χ1n) is 9.42. The van der Waals surface area contributed by atoms with Gasteiger partial charge < -0.3 is 0 Å². The van der Waals surface area contributed by atoms with Crippen molar-refractivity contribution in [2.24, 2.45) is 13.0 Å². The van der Waals surface area contributed by atoms with Crippen LogP contribution in [-0.4, -0.2) is 15.5 Å². The third-order valence-electron chi connectivity index (χ3n) is 5.98. The SMILES string of the molecule is Cn1ncc(C2CCC3CCCCC3=[NH+]2)c1-c1csc2ccccc12. The fourth-order valence-corrected chi connectivity index (χ4v) is 5.64. The quantitative estimate of drug-likeness (QED) is 0.748. The van der Waals surface area contributed by atoms with E-state index in [1.54, 1.807) is 5.71 Å². The highest BCUT2D eigenvalue weighted by molar-refractivity contribution is 7.17. The summed E-state index contributed by atoms with van der Waals surface area (Å²) in [5.41, 5.74) is 5.58. The summed E-state index contributed by atoms with van der Waals surface area (Å²) in [5, 5.41) is 8.27. The molecule has 3 heterocycles. The number of aryl methyl sites for hydroxylation is 1. The number of rotatable bonds is 2. The normalized spacial score (nSPS) is 23.5. The Morgan fingerprint density at radius 2 is 2.08 bits per heavy atom. The summed E-state index contributed by atoms with van der Waals surface area (Å²) in [7, 11) is 2.07. The van der Waals surface area contributed by atoms with Crippen molar-refractivity contribution < 1.29 is 4.99 Å². The molecule has 2 aliphatic rings. The molecule has 0 amide bonds. The second-order valence-corrected chi connectivity index (χ2v) is 8.37. The molecule has 1 aliphatic carbocycles. The van der Waals surface area contributed by atoms with E-state index >= 15 is 0 Å². The third-order valence-corrected chi connectivity index (χ3v) is 6.95. The van der Waals surface area contributed by atoms with Crippen LogP contribution in [0.3, 0.4) is 0 Å². The van der Waals surface area contributed by atoms with E-state index in [1.165, 1.54) is 65.4 Å². The van der Waals surface area contributed by atoms with Crippen LogP contribution in [0.1, 0.15) is 50.1 Å². The fourth-order valence-electron chi connectivity index (χ4n) is 4.69. The van der Waals surface area contributed by atoms with Crippen LogP contribution in [0.15, 0.2) is 35.8 Å². The lowest BCUT2D eigenvalue weighted by Crippen LogP contribution is -2.78. The van der Waals surface area contributed by atoms with Crippen molar-refractivity contribution in [2.45, 2.75) is 44.6 Å². The van der Waals surface area contributed by atoms with Crippen molar-refractivity contribution in [3.8, 4) is 11.3 Å². The lowest BCUT2D eigenvalue weighted by molar-refractivity contribution is -0.521. The van der Waals surface area contributed by atoms with Gasteiger partial charge in [-0.25, -0.2) is 4.99 Å². The average molecular weight is 351 g/mol.